The fraction of sp³-hybridized carbons (Fsp3) is 0.548. The Morgan fingerprint density at radius 1 is 0.763 bits per heavy atom. The molecule has 0 radical (unpaired) electrons. The van der Waals surface area contributed by atoms with Crippen LogP contribution in [0.4, 0.5) is 10.5 Å². The van der Waals surface area contributed by atoms with E-state index in [1.54, 1.807) is 0 Å². The van der Waals surface area contributed by atoms with Crippen LogP contribution in [-0.4, -0.2) is 89.7 Å². The Labute approximate surface area is 226 Å². The highest BCUT2D eigenvalue weighted by Gasteiger charge is 2.51. The maximum absolute atomic E-state index is 13.6. The lowest BCUT2D eigenvalue weighted by molar-refractivity contribution is -0.141. The van der Waals surface area contributed by atoms with Crippen molar-refractivity contribution in [3.63, 3.8) is 0 Å². The Hall–Kier alpha value is -3.06. The molecule has 1 atom stereocenters. The van der Waals surface area contributed by atoms with Crippen LogP contribution >= 0.6 is 0 Å². The number of benzene rings is 2. The molecule has 6 rings (SSSR count). The van der Waals surface area contributed by atoms with Gasteiger partial charge in [-0.05, 0) is 68.2 Å². The van der Waals surface area contributed by atoms with Gasteiger partial charge in [0.2, 0.25) is 5.91 Å². The van der Waals surface area contributed by atoms with Crippen LogP contribution in [0.1, 0.15) is 44.9 Å². The quantitative estimate of drug-likeness (QED) is 0.664. The van der Waals surface area contributed by atoms with Crippen LogP contribution in [0.2, 0.25) is 0 Å². The summed E-state index contributed by atoms with van der Waals surface area (Å²) in [5.41, 5.74) is 3.21. The number of nitrogens with zero attached hydrogens (tertiary/aromatic N) is 4. The van der Waals surface area contributed by atoms with E-state index in [0.717, 1.165) is 71.1 Å². The first-order valence-corrected chi connectivity index (χ1v) is 14.5. The van der Waals surface area contributed by atoms with Crippen LogP contribution in [0.25, 0.3) is 11.1 Å². The standard InChI is InChI=1S/C31H40N4O3/c36-28-13-11-27(12-14-28)35-18-16-31(29(35)37)15-4-17-34(23-31)30(38)33-21-19-32(20-22-33)26-9-7-25(8-10-26)24-5-2-1-3-6-24/h1-3,5-10,27-28,36H,4,11-23H2/t27-,28-,31?. The Balaban J connectivity index is 1.04. The molecule has 2 aromatic carbocycles. The average molecular weight is 517 g/mol. The SMILES string of the molecule is O=C(N1CCN(c2ccc(-c3ccccc3)cc2)CC1)N1CCCC2(CCN([C@H]3CC[C@H](O)CC3)C2=O)C1. The van der Waals surface area contributed by atoms with Crippen LogP contribution in [-0.2, 0) is 4.79 Å². The van der Waals surface area contributed by atoms with Gasteiger partial charge in [0, 0.05) is 57.5 Å². The second-order valence-corrected chi connectivity index (χ2v) is 11.7. The van der Waals surface area contributed by atoms with Crippen molar-refractivity contribution in [3.8, 4) is 11.1 Å². The number of rotatable bonds is 3. The summed E-state index contributed by atoms with van der Waals surface area (Å²) in [6.07, 6.45) is 5.77. The molecule has 4 fully saturated rings. The van der Waals surface area contributed by atoms with Crippen LogP contribution in [0.5, 0.6) is 0 Å². The maximum Gasteiger partial charge on any atom is 0.320 e. The molecule has 1 N–H and O–H groups in total. The third-order valence-electron chi connectivity index (χ3n) is 9.39. The summed E-state index contributed by atoms with van der Waals surface area (Å²) in [6.45, 7) is 5.12. The first-order chi connectivity index (χ1) is 18.5. The Kier molecular flexibility index (Phi) is 7.04. The summed E-state index contributed by atoms with van der Waals surface area (Å²) in [6, 6.07) is 19.5. The van der Waals surface area contributed by atoms with Gasteiger partial charge >= 0.3 is 6.03 Å². The van der Waals surface area contributed by atoms with Crippen molar-refractivity contribution in [2.75, 3.05) is 50.7 Å². The molecule has 3 heterocycles. The van der Waals surface area contributed by atoms with E-state index in [1.807, 2.05) is 15.9 Å². The zero-order valence-electron chi connectivity index (χ0n) is 22.3. The molecule has 1 spiro atoms. The molecule has 3 aliphatic heterocycles. The van der Waals surface area contributed by atoms with E-state index in [-0.39, 0.29) is 24.1 Å². The first kappa shape index (κ1) is 25.2. The molecule has 3 saturated heterocycles. The van der Waals surface area contributed by atoms with E-state index in [0.29, 0.717) is 19.6 Å². The lowest BCUT2D eigenvalue weighted by Gasteiger charge is -2.43. The van der Waals surface area contributed by atoms with Gasteiger partial charge in [-0.1, -0.05) is 42.5 Å². The van der Waals surface area contributed by atoms with Gasteiger partial charge in [0.15, 0.2) is 0 Å². The summed E-state index contributed by atoms with van der Waals surface area (Å²) >= 11 is 0. The minimum Gasteiger partial charge on any atom is -0.393 e. The van der Waals surface area contributed by atoms with E-state index in [9.17, 15) is 14.7 Å². The number of likely N-dealkylation sites (tertiary alicyclic amines) is 2. The molecule has 38 heavy (non-hydrogen) atoms. The lowest BCUT2D eigenvalue weighted by Crippen LogP contribution is -2.57. The molecule has 202 valence electrons. The summed E-state index contributed by atoms with van der Waals surface area (Å²) in [5.74, 6) is 0.250. The molecule has 1 aliphatic carbocycles. The van der Waals surface area contributed by atoms with Crippen molar-refractivity contribution in [2.24, 2.45) is 5.41 Å². The molecular formula is C31H40N4O3. The van der Waals surface area contributed by atoms with E-state index in [1.165, 1.54) is 16.8 Å². The molecule has 2 aromatic rings. The molecule has 4 aliphatic rings. The summed E-state index contributed by atoms with van der Waals surface area (Å²) in [5, 5.41) is 9.88. The number of aliphatic hydroxyl groups is 1. The number of urea groups is 1. The van der Waals surface area contributed by atoms with Crippen molar-refractivity contribution in [1.82, 2.24) is 14.7 Å². The highest BCUT2D eigenvalue weighted by molar-refractivity contribution is 5.86. The zero-order valence-corrected chi connectivity index (χ0v) is 22.3. The maximum atomic E-state index is 13.6. The van der Waals surface area contributed by atoms with Gasteiger partial charge < -0.3 is 24.7 Å². The second-order valence-electron chi connectivity index (χ2n) is 11.7. The van der Waals surface area contributed by atoms with Gasteiger partial charge in [-0.15, -0.1) is 0 Å². The van der Waals surface area contributed by atoms with Crippen molar-refractivity contribution >= 4 is 17.6 Å². The highest BCUT2D eigenvalue weighted by atomic mass is 16.3. The number of amides is 3. The van der Waals surface area contributed by atoms with Crippen LogP contribution in [0, 0.1) is 5.41 Å². The molecule has 0 aromatic heterocycles. The van der Waals surface area contributed by atoms with Gasteiger partial charge in [-0.3, -0.25) is 4.79 Å². The van der Waals surface area contributed by atoms with Gasteiger partial charge in [0.05, 0.1) is 11.5 Å². The number of piperazine rings is 1. The lowest BCUT2D eigenvalue weighted by atomic mass is 9.78. The summed E-state index contributed by atoms with van der Waals surface area (Å²) < 4.78 is 0. The molecule has 1 unspecified atom stereocenters. The number of piperidine rings is 1. The Morgan fingerprint density at radius 2 is 1.45 bits per heavy atom. The topological polar surface area (TPSA) is 67.3 Å². The number of anilines is 1. The fourth-order valence-electron chi connectivity index (χ4n) is 7.09. The highest BCUT2D eigenvalue weighted by Crippen LogP contribution is 2.42. The Morgan fingerprint density at radius 3 is 2.16 bits per heavy atom. The van der Waals surface area contributed by atoms with Crippen LogP contribution < -0.4 is 4.90 Å². The molecule has 1 saturated carbocycles. The minimum atomic E-state index is -0.410. The number of carbonyl (C=O) groups is 2. The number of aliphatic hydroxyl groups excluding tert-OH is 1. The molecule has 3 amide bonds. The van der Waals surface area contributed by atoms with Crippen molar-refractivity contribution in [1.29, 1.82) is 0 Å². The normalized spacial score (nSPS) is 28.3. The van der Waals surface area contributed by atoms with E-state index >= 15 is 0 Å². The predicted octanol–water partition coefficient (Wildman–Crippen LogP) is 4.21. The Bertz CT molecular complexity index is 1120. The van der Waals surface area contributed by atoms with Gasteiger partial charge in [-0.25, -0.2) is 4.79 Å². The van der Waals surface area contributed by atoms with Crippen molar-refractivity contribution < 1.29 is 14.7 Å². The van der Waals surface area contributed by atoms with E-state index < -0.39 is 5.41 Å². The van der Waals surface area contributed by atoms with Crippen molar-refractivity contribution in [2.45, 2.75) is 57.1 Å². The van der Waals surface area contributed by atoms with Crippen molar-refractivity contribution in [3.05, 3.63) is 54.6 Å². The number of hydrogen-bond donors (Lipinski definition) is 1. The van der Waals surface area contributed by atoms with Gasteiger partial charge in [0.25, 0.3) is 0 Å². The molecule has 7 heteroatoms. The monoisotopic (exact) mass is 516 g/mol. The van der Waals surface area contributed by atoms with Gasteiger partial charge in [-0.2, -0.15) is 0 Å². The molecule has 0 bridgehead atoms. The summed E-state index contributed by atoms with van der Waals surface area (Å²) in [7, 11) is 0. The van der Waals surface area contributed by atoms with E-state index in [4.69, 9.17) is 0 Å². The van der Waals surface area contributed by atoms with E-state index in [2.05, 4.69) is 58.3 Å². The minimum absolute atomic E-state index is 0.0928. The smallest absolute Gasteiger partial charge is 0.320 e. The number of carbonyl (C=O) groups excluding carboxylic acids is 2. The van der Waals surface area contributed by atoms with Crippen LogP contribution in [0.3, 0.4) is 0 Å². The fourth-order valence-corrected chi connectivity index (χ4v) is 7.09. The number of hydrogen-bond acceptors (Lipinski definition) is 4. The zero-order chi connectivity index (χ0) is 26.1. The largest absolute Gasteiger partial charge is 0.393 e. The van der Waals surface area contributed by atoms with Gasteiger partial charge in [0.1, 0.15) is 0 Å². The summed E-state index contributed by atoms with van der Waals surface area (Å²) in [4.78, 5) is 35.6. The molecule has 7 nitrogen and oxygen atoms in total. The first-order valence-electron chi connectivity index (χ1n) is 14.5. The third-order valence-corrected chi connectivity index (χ3v) is 9.39. The third kappa shape index (κ3) is 4.89. The second kappa shape index (κ2) is 10.6. The molecular weight excluding hydrogens is 476 g/mol. The van der Waals surface area contributed by atoms with Crippen LogP contribution in [0.15, 0.2) is 54.6 Å². The average Bonchev–Trinajstić information content (AvgIpc) is 3.28. The predicted molar refractivity (Wildman–Crippen MR) is 149 cm³/mol.